The maximum atomic E-state index is 12.3. The number of halogens is 1. The molecule has 23 heavy (non-hydrogen) atoms. The number of nitriles is 1. The molecule has 0 saturated carbocycles. The lowest BCUT2D eigenvalue weighted by atomic mass is 10.2. The van der Waals surface area contributed by atoms with Crippen molar-refractivity contribution in [2.45, 2.75) is 44.9 Å². The van der Waals surface area contributed by atoms with E-state index in [4.69, 9.17) is 16.3 Å². The van der Waals surface area contributed by atoms with Gasteiger partial charge in [-0.05, 0) is 38.8 Å². The molecular weight excluding hydrogens is 318 g/mol. The highest BCUT2D eigenvalue weighted by molar-refractivity contribution is 6.28. The third-order valence-corrected chi connectivity index (χ3v) is 4.18. The number of fused-ring (bicyclic) bond motifs is 2. The van der Waals surface area contributed by atoms with Gasteiger partial charge in [-0.15, -0.1) is 0 Å². The van der Waals surface area contributed by atoms with Crippen molar-refractivity contribution in [2.75, 3.05) is 18.0 Å². The normalized spacial score (nSPS) is 23.1. The molecule has 0 spiro atoms. The predicted octanol–water partition coefficient (Wildman–Crippen LogP) is 2.20. The van der Waals surface area contributed by atoms with E-state index in [9.17, 15) is 10.1 Å². The lowest BCUT2D eigenvalue weighted by Gasteiger charge is -2.35. The van der Waals surface area contributed by atoms with Gasteiger partial charge in [-0.1, -0.05) is 0 Å². The van der Waals surface area contributed by atoms with Crippen LogP contribution in [0.25, 0.3) is 0 Å². The Balaban J connectivity index is 1.76. The zero-order chi connectivity index (χ0) is 16.8. The van der Waals surface area contributed by atoms with Crippen molar-refractivity contribution in [3.05, 3.63) is 17.0 Å². The van der Waals surface area contributed by atoms with Gasteiger partial charge in [-0.3, -0.25) is 0 Å². The van der Waals surface area contributed by atoms with E-state index in [1.807, 2.05) is 25.7 Å². The van der Waals surface area contributed by atoms with Crippen LogP contribution in [0.5, 0.6) is 0 Å². The first-order chi connectivity index (χ1) is 10.8. The van der Waals surface area contributed by atoms with Crippen molar-refractivity contribution >= 4 is 23.5 Å². The first-order valence-electron chi connectivity index (χ1n) is 7.47. The van der Waals surface area contributed by atoms with Crippen molar-refractivity contribution in [1.29, 1.82) is 5.26 Å². The van der Waals surface area contributed by atoms with Gasteiger partial charge in [0.15, 0.2) is 5.82 Å². The largest absolute Gasteiger partial charge is 0.444 e. The van der Waals surface area contributed by atoms with Gasteiger partial charge < -0.3 is 14.5 Å². The molecule has 2 bridgehead atoms. The van der Waals surface area contributed by atoms with Crippen LogP contribution in [0, 0.1) is 11.3 Å². The Bertz CT molecular complexity index is 681. The molecule has 3 heterocycles. The molecule has 0 unspecified atom stereocenters. The molecule has 2 fully saturated rings. The molecule has 0 aliphatic carbocycles. The second kappa shape index (κ2) is 5.53. The second-order valence-electron chi connectivity index (χ2n) is 6.82. The van der Waals surface area contributed by atoms with Crippen LogP contribution in [-0.2, 0) is 4.74 Å². The van der Waals surface area contributed by atoms with Crippen LogP contribution >= 0.6 is 11.6 Å². The molecule has 1 aromatic heterocycles. The molecule has 3 rings (SSSR count). The number of carbonyl (C=O) groups excluding carboxylic acids is 1. The van der Waals surface area contributed by atoms with Gasteiger partial charge in [0.25, 0.3) is 0 Å². The Labute approximate surface area is 139 Å². The summed E-state index contributed by atoms with van der Waals surface area (Å²) in [6.07, 6.45) is 1.99. The highest BCUT2D eigenvalue weighted by atomic mass is 35.5. The van der Waals surface area contributed by atoms with E-state index >= 15 is 0 Å². The lowest BCUT2D eigenvalue weighted by Crippen LogP contribution is -2.50. The Hall–Kier alpha value is -2.07. The number of anilines is 1. The molecule has 1 amide bonds. The van der Waals surface area contributed by atoms with Crippen LogP contribution in [0.4, 0.5) is 10.6 Å². The Morgan fingerprint density at radius 2 is 2.17 bits per heavy atom. The van der Waals surface area contributed by atoms with Crippen LogP contribution in [0.3, 0.4) is 0 Å². The number of hydrogen-bond acceptors (Lipinski definition) is 6. The van der Waals surface area contributed by atoms with Crippen LogP contribution in [0.2, 0.25) is 5.28 Å². The minimum Gasteiger partial charge on any atom is -0.444 e. The highest BCUT2D eigenvalue weighted by Crippen LogP contribution is 2.36. The van der Waals surface area contributed by atoms with Gasteiger partial charge in [0.1, 0.15) is 17.2 Å². The molecule has 122 valence electrons. The fourth-order valence-electron chi connectivity index (χ4n) is 3.12. The molecule has 8 heteroatoms. The predicted molar refractivity (Wildman–Crippen MR) is 84.2 cm³/mol. The smallest absolute Gasteiger partial charge is 0.410 e. The van der Waals surface area contributed by atoms with E-state index in [1.54, 1.807) is 4.90 Å². The van der Waals surface area contributed by atoms with Gasteiger partial charge in [0, 0.05) is 13.1 Å². The van der Waals surface area contributed by atoms with Crippen molar-refractivity contribution in [1.82, 2.24) is 14.9 Å². The summed E-state index contributed by atoms with van der Waals surface area (Å²) in [7, 11) is 0. The van der Waals surface area contributed by atoms with E-state index in [-0.39, 0.29) is 23.5 Å². The van der Waals surface area contributed by atoms with Gasteiger partial charge >= 0.3 is 6.09 Å². The third kappa shape index (κ3) is 3.04. The van der Waals surface area contributed by atoms with Gasteiger partial charge in [-0.2, -0.15) is 10.2 Å². The average Bonchev–Trinajstić information content (AvgIpc) is 3.05. The quantitative estimate of drug-likeness (QED) is 0.732. The van der Waals surface area contributed by atoms with Gasteiger partial charge in [0.05, 0.1) is 18.3 Å². The van der Waals surface area contributed by atoms with Crippen molar-refractivity contribution in [3.8, 4) is 6.07 Å². The topological polar surface area (TPSA) is 82.3 Å². The number of ether oxygens (including phenoxy) is 1. The summed E-state index contributed by atoms with van der Waals surface area (Å²) in [5.41, 5.74) is -0.113. The summed E-state index contributed by atoms with van der Waals surface area (Å²) in [5.74, 6) is 0.545. The fourth-order valence-corrected chi connectivity index (χ4v) is 3.25. The number of hydrogen-bond donors (Lipinski definition) is 0. The maximum Gasteiger partial charge on any atom is 0.410 e. The van der Waals surface area contributed by atoms with Crippen molar-refractivity contribution in [3.63, 3.8) is 0 Å². The standard InChI is InChI=1S/C15H18ClN5O2/c1-15(2,3)23-14(22)21-8-10-4-11(21)7-20(10)12-9(5-17)6-18-13(16)19-12/h6,10-11H,4,7-8H2,1-3H3/t10-,11-/m0/s1. The average molecular weight is 336 g/mol. The molecule has 2 aliphatic rings. The molecular formula is C15H18ClN5O2. The van der Waals surface area contributed by atoms with Crippen LogP contribution in [0.1, 0.15) is 32.8 Å². The monoisotopic (exact) mass is 335 g/mol. The summed E-state index contributed by atoms with van der Waals surface area (Å²) in [4.78, 5) is 24.1. The molecule has 2 atom stereocenters. The van der Waals surface area contributed by atoms with E-state index in [0.29, 0.717) is 24.5 Å². The fraction of sp³-hybridized carbons (Fsp3) is 0.600. The zero-order valence-corrected chi connectivity index (χ0v) is 14.0. The number of likely N-dealkylation sites (tertiary alicyclic amines) is 1. The minimum atomic E-state index is -0.507. The molecule has 2 aliphatic heterocycles. The van der Waals surface area contributed by atoms with E-state index < -0.39 is 5.60 Å². The van der Waals surface area contributed by atoms with E-state index in [2.05, 4.69) is 16.0 Å². The summed E-state index contributed by atoms with van der Waals surface area (Å²) in [5, 5.41) is 9.34. The number of nitrogens with zero attached hydrogens (tertiary/aromatic N) is 5. The van der Waals surface area contributed by atoms with E-state index in [1.165, 1.54) is 6.20 Å². The summed E-state index contributed by atoms with van der Waals surface area (Å²) in [6, 6.07) is 2.27. The summed E-state index contributed by atoms with van der Waals surface area (Å²) in [6.45, 7) is 6.74. The SMILES string of the molecule is CC(C)(C)OC(=O)N1C[C@@H]2C[C@H]1CN2c1nc(Cl)ncc1C#N. The number of carbonyl (C=O) groups is 1. The van der Waals surface area contributed by atoms with Crippen LogP contribution in [-0.4, -0.2) is 51.7 Å². The number of piperazine rings is 1. The third-order valence-electron chi connectivity index (χ3n) is 4.00. The first-order valence-corrected chi connectivity index (χ1v) is 7.85. The van der Waals surface area contributed by atoms with E-state index in [0.717, 1.165) is 6.42 Å². The first kappa shape index (κ1) is 15.8. The van der Waals surface area contributed by atoms with Gasteiger partial charge in [-0.25, -0.2) is 9.78 Å². The lowest BCUT2D eigenvalue weighted by molar-refractivity contribution is 0.0214. The van der Waals surface area contributed by atoms with Crippen molar-refractivity contribution in [2.24, 2.45) is 0 Å². The summed E-state index contributed by atoms with van der Waals surface area (Å²) < 4.78 is 5.45. The second-order valence-corrected chi connectivity index (χ2v) is 7.15. The van der Waals surface area contributed by atoms with Crippen LogP contribution < -0.4 is 4.90 Å². The Morgan fingerprint density at radius 3 is 2.74 bits per heavy atom. The molecule has 0 N–H and O–H groups in total. The Morgan fingerprint density at radius 1 is 1.43 bits per heavy atom. The van der Waals surface area contributed by atoms with Crippen molar-refractivity contribution < 1.29 is 9.53 Å². The highest BCUT2D eigenvalue weighted by Gasteiger charge is 2.47. The number of amides is 1. The molecule has 2 saturated heterocycles. The molecule has 7 nitrogen and oxygen atoms in total. The number of aromatic nitrogens is 2. The van der Waals surface area contributed by atoms with Crippen LogP contribution in [0.15, 0.2) is 6.20 Å². The molecule has 1 aromatic rings. The molecule has 0 aromatic carbocycles. The van der Waals surface area contributed by atoms with Gasteiger partial charge in [0.2, 0.25) is 5.28 Å². The minimum absolute atomic E-state index is 0.0649. The Kier molecular flexibility index (Phi) is 3.80. The number of rotatable bonds is 1. The molecule has 0 radical (unpaired) electrons. The maximum absolute atomic E-state index is 12.3. The summed E-state index contributed by atoms with van der Waals surface area (Å²) >= 11 is 5.86. The zero-order valence-electron chi connectivity index (χ0n) is 13.3.